The van der Waals surface area contributed by atoms with Crippen molar-refractivity contribution in [3.63, 3.8) is 0 Å². The fourth-order valence-electron chi connectivity index (χ4n) is 4.69. The number of likely N-dealkylation sites (tertiary alicyclic amines) is 1. The van der Waals surface area contributed by atoms with Gasteiger partial charge in [0.15, 0.2) is 5.96 Å². The number of piperazine rings is 1. The lowest BCUT2D eigenvalue weighted by Gasteiger charge is -2.36. The highest BCUT2D eigenvalue weighted by atomic mass is 16.2. The molecule has 0 aromatic heterocycles. The third-order valence-electron chi connectivity index (χ3n) is 6.48. The average Bonchev–Trinajstić information content (AvgIpc) is 3.43. The smallest absolute Gasteiger partial charge is 0.225 e. The van der Waals surface area contributed by atoms with E-state index in [1.54, 1.807) is 0 Å². The monoisotopic (exact) mass is 420 g/mol. The zero-order valence-corrected chi connectivity index (χ0v) is 18.7. The van der Waals surface area contributed by atoms with Gasteiger partial charge in [0.1, 0.15) is 0 Å². The minimum Gasteiger partial charge on any atom is -0.357 e. The summed E-state index contributed by atoms with van der Waals surface area (Å²) < 4.78 is 0. The number of carbonyl (C=O) groups is 2. The van der Waals surface area contributed by atoms with Gasteiger partial charge in [-0.3, -0.25) is 19.5 Å². The van der Waals surface area contributed by atoms with Gasteiger partial charge in [-0.2, -0.15) is 0 Å². The van der Waals surface area contributed by atoms with Crippen LogP contribution < -0.4 is 10.6 Å². The van der Waals surface area contributed by atoms with Crippen molar-refractivity contribution in [2.24, 2.45) is 10.9 Å². The van der Waals surface area contributed by atoms with Gasteiger partial charge in [0, 0.05) is 77.8 Å². The highest BCUT2D eigenvalue weighted by Crippen LogP contribution is 2.26. The summed E-state index contributed by atoms with van der Waals surface area (Å²) in [6, 6.07) is 0. The number of nitrogens with one attached hydrogen (secondary N) is 2. The highest BCUT2D eigenvalue weighted by Gasteiger charge is 2.29. The summed E-state index contributed by atoms with van der Waals surface area (Å²) in [6.45, 7) is 10.8. The third kappa shape index (κ3) is 6.86. The molecule has 8 nitrogen and oxygen atoms in total. The van der Waals surface area contributed by atoms with Gasteiger partial charge in [-0.15, -0.1) is 0 Å². The first-order chi connectivity index (χ1) is 14.7. The van der Waals surface area contributed by atoms with E-state index in [9.17, 15) is 9.59 Å². The fraction of sp³-hybridized carbons (Fsp3) is 0.864. The largest absolute Gasteiger partial charge is 0.357 e. The van der Waals surface area contributed by atoms with Gasteiger partial charge in [-0.05, 0) is 32.6 Å². The highest BCUT2D eigenvalue weighted by molar-refractivity contribution is 5.80. The lowest BCUT2D eigenvalue weighted by molar-refractivity contribution is -0.137. The van der Waals surface area contributed by atoms with Gasteiger partial charge in [0.05, 0.1) is 0 Å². The molecule has 2 amide bonds. The van der Waals surface area contributed by atoms with Crippen LogP contribution in [0, 0.1) is 5.92 Å². The molecular formula is C22H40N6O2. The molecule has 3 aliphatic rings. The Morgan fingerprint density at radius 2 is 1.80 bits per heavy atom. The van der Waals surface area contributed by atoms with E-state index in [0.29, 0.717) is 18.2 Å². The molecule has 0 aromatic carbocycles. The Balaban J connectivity index is 1.30. The van der Waals surface area contributed by atoms with Crippen LogP contribution in [0.1, 0.15) is 51.9 Å². The molecule has 0 aromatic rings. The summed E-state index contributed by atoms with van der Waals surface area (Å²) in [5.74, 6) is 1.82. The first-order valence-electron chi connectivity index (χ1n) is 12.0. The van der Waals surface area contributed by atoms with E-state index in [4.69, 9.17) is 0 Å². The van der Waals surface area contributed by atoms with Crippen molar-refractivity contribution >= 4 is 17.8 Å². The Hall–Kier alpha value is -1.83. The maximum absolute atomic E-state index is 12.6. The van der Waals surface area contributed by atoms with Crippen LogP contribution in [-0.4, -0.2) is 97.9 Å². The van der Waals surface area contributed by atoms with Crippen molar-refractivity contribution in [1.29, 1.82) is 0 Å². The molecule has 3 rings (SSSR count). The normalized spacial score (nSPS) is 21.5. The molecule has 30 heavy (non-hydrogen) atoms. The number of hydrogen-bond donors (Lipinski definition) is 2. The lowest BCUT2D eigenvalue weighted by Crippen LogP contribution is -2.51. The molecule has 0 radical (unpaired) electrons. The molecule has 0 atom stereocenters. The molecule has 2 saturated heterocycles. The van der Waals surface area contributed by atoms with E-state index in [-0.39, 0.29) is 5.91 Å². The van der Waals surface area contributed by atoms with Crippen molar-refractivity contribution < 1.29 is 9.59 Å². The number of carbonyl (C=O) groups excluding carboxylic acids is 2. The molecular weight excluding hydrogens is 380 g/mol. The standard InChI is InChI=1S/C22H40N6O2/c1-2-23-22(24-10-6-13-27-12-5-9-20(27)29)25-11-14-26-15-17-28(18-16-26)21(30)19-7-3-4-8-19/h19H,2-18H2,1H3,(H2,23,24,25). The average molecular weight is 421 g/mol. The Morgan fingerprint density at radius 1 is 1.03 bits per heavy atom. The number of rotatable bonds is 9. The molecule has 2 N–H and O–H groups in total. The topological polar surface area (TPSA) is 80.3 Å². The maximum Gasteiger partial charge on any atom is 0.225 e. The third-order valence-corrected chi connectivity index (χ3v) is 6.48. The summed E-state index contributed by atoms with van der Waals surface area (Å²) in [7, 11) is 0. The van der Waals surface area contributed by atoms with E-state index in [1.807, 2.05) is 4.90 Å². The molecule has 2 aliphatic heterocycles. The first kappa shape index (κ1) is 22.8. The van der Waals surface area contributed by atoms with Crippen LogP contribution in [-0.2, 0) is 9.59 Å². The van der Waals surface area contributed by atoms with E-state index < -0.39 is 0 Å². The molecule has 0 unspecified atom stereocenters. The molecule has 3 fully saturated rings. The summed E-state index contributed by atoms with van der Waals surface area (Å²) in [4.78, 5) is 35.3. The summed E-state index contributed by atoms with van der Waals surface area (Å²) in [6.07, 6.45) is 7.21. The van der Waals surface area contributed by atoms with Gasteiger partial charge in [-0.25, -0.2) is 0 Å². The van der Waals surface area contributed by atoms with Crippen molar-refractivity contribution in [1.82, 2.24) is 25.3 Å². The van der Waals surface area contributed by atoms with Crippen molar-refractivity contribution in [2.75, 3.05) is 65.4 Å². The SMILES string of the molecule is CCNC(=NCCCN1CCCC1=O)NCCN1CCN(C(=O)C2CCCC2)CC1. The second kappa shape index (κ2) is 12.1. The molecule has 0 bridgehead atoms. The number of aliphatic imine (C=N–C) groups is 1. The summed E-state index contributed by atoms with van der Waals surface area (Å²) in [5, 5.41) is 6.72. The van der Waals surface area contributed by atoms with Crippen LogP contribution in [0.15, 0.2) is 4.99 Å². The Bertz CT molecular complexity index is 582. The zero-order chi connectivity index (χ0) is 21.2. The lowest BCUT2D eigenvalue weighted by atomic mass is 10.1. The van der Waals surface area contributed by atoms with E-state index in [2.05, 4.69) is 32.3 Å². The van der Waals surface area contributed by atoms with E-state index in [1.165, 1.54) is 12.8 Å². The van der Waals surface area contributed by atoms with Crippen LogP contribution in [0.25, 0.3) is 0 Å². The first-order valence-corrected chi connectivity index (χ1v) is 12.0. The second-order valence-electron chi connectivity index (χ2n) is 8.67. The number of guanidine groups is 1. The van der Waals surface area contributed by atoms with Gasteiger partial charge in [-0.1, -0.05) is 12.8 Å². The van der Waals surface area contributed by atoms with Crippen LogP contribution in [0.2, 0.25) is 0 Å². The molecule has 170 valence electrons. The van der Waals surface area contributed by atoms with Gasteiger partial charge < -0.3 is 20.4 Å². The predicted octanol–water partition coefficient (Wildman–Crippen LogP) is 0.888. The quantitative estimate of drug-likeness (QED) is 0.329. The van der Waals surface area contributed by atoms with Crippen molar-refractivity contribution in [3.05, 3.63) is 0 Å². The zero-order valence-electron chi connectivity index (χ0n) is 18.7. The summed E-state index contributed by atoms with van der Waals surface area (Å²) in [5.41, 5.74) is 0. The van der Waals surface area contributed by atoms with Gasteiger partial charge >= 0.3 is 0 Å². The molecule has 2 heterocycles. The van der Waals surface area contributed by atoms with E-state index in [0.717, 1.165) is 97.1 Å². The number of amides is 2. The Kier molecular flexibility index (Phi) is 9.24. The van der Waals surface area contributed by atoms with Gasteiger partial charge in [0.25, 0.3) is 0 Å². The maximum atomic E-state index is 12.6. The summed E-state index contributed by atoms with van der Waals surface area (Å²) >= 11 is 0. The van der Waals surface area contributed by atoms with Crippen LogP contribution in [0.4, 0.5) is 0 Å². The molecule has 0 spiro atoms. The Morgan fingerprint density at radius 3 is 2.47 bits per heavy atom. The minimum absolute atomic E-state index is 0.286. The van der Waals surface area contributed by atoms with Crippen molar-refractivity contribution in [2.45, 2.75) is 51.9 Å². The van der Waals surface area contributed by atoms with Crippen LogP contribution in [0.5, 0.6) is 0 Å². The minimum atomic E-state index is 0.286. The number of hydrogen-bond acceptors (Lipinski definition) is 4. The van der Waals surface area contributed by atoms with Crippen LogP contribution in [0.3, 0.4) is 0 Å². The second-order valence-corrected chi connectivity index (χ2v) is 8.67. The van der Waals surface area contributed by atoms with Crippen LogP contribution >= 0.6 is 0 Å². The van der Waals surface area contributed by atoms with Gasteiger partial charge in [0.2, 0.25) is 11.8 Å². The van der Waals surface area contributed by atoms with Crippen molar-refractivity contribution in [3.8, 4) is 0 Å². The number of nitrogens with zero attached hydrogens (tertiary/aromatic N) is 4. The fourth-order valence-corrected chi connectivity index (χ4v) is 4.69. The Labute approximate surface area is 181 Å². The molecule has 8 heteroatoms. The predicted molar refractivity (Wildman–Crippen MR) is 119 cm³/mol. The molecule has 1 saturated carbocycles. The molecule has 1 aliphatic carbocycles. The van der Waals surface area contributed by atoms with E-state index >= 15 is 0 Å².